The average molecular weight is 331 g/mol. The van der Waals surface area contributed by atoms with Gasteiger partial charge in [0.2, 0.25) is 0 Å². The van der Waals surface area contributed by atoms with Crippen LogP contribution in [0.5, 0.6) is 0 Å². The Labute approximate surface area is 148 Å². The molecule has 0 spiro atoms. The van der Waals surface area contributed by atoms with Gasteiger partial charge in [0, 0.05) is 11.5 Å². The van der Waals surface area contributed by atoms with Crippen LogP contribution in [-0.2, 0) is 0 Å². The zero-order valence-electron chi connectivity index (χ0n) is 13.9. The van der Waals surface area contributed by atoms with E-state index in [4.69, 9.17) is 0 Å². The Morgan fingerprint density at radius 1 is 0.760 bits per heavy atom. The normalized spacial score (nSPS) is 13.0. The second-order valence-electron chi connectivity index (χ2n) is 5.93. The highest BCUT2D eigenvalue weighted by atomic mass is 16.3. The fourth-order valence-electron chi connectivity index (χ4n) is 2.99. The maximum absolute atomic E-state index is 12.7. The van der Waals surface area contributed by atoms with E-state index in [9.17, 15) is 9.90 Å². The lowest BCUT2D eigenvalue weighted by atomic mass is 9.87. The number of nitrogens with one attached hydrogen (secondary N) is 1. The lowest BCUT2D eigenvalue weighted by molar-refractivity contribution is 0.0922. The Kier molecular flexibility index (Phi) is 5.60. The van der Waals surface area contributed by atoms with Crippen LogP contribution < -0.4 is 5.32 Å². The quantitative estimate of drug-likeness (QED) is 0.719. The largest absolute Gasteiger partial charge is 0.396 e. The molecule has 2 atom stereocenters. The van der Waals surface area contributed by atoms with Crippen LogP contribution in [0, 0.1) is 0 Å². The van der Waals surface area contributed by atoms with E-state index in [0.717, 1.165) is 11.1 Å². The molecule has 3 aromatic rings. The van der Waals surface area contributed by atoms with E-state index in [1.165, 1.54) is 0 Å². The number of amides is 1. The van der Waals surface area contributed by atoms with Crippen molar-refractivity contribution in [3.63, 3.8) is 0 Å². The topological polar surface area (TPSA) is 49.3 Å². The summed E-state index contributed by atoms with van der Waals surface area (Å²) in [5.74, 6) is -0.375. The Morgan fingerprint density at radius 3 is 1.76 bits per heavy atom. The van der Waals surface area contributed by atoms with Gasteiger partial charge in [-0.05, 0) is 23.3 Å². The summed E-state index contributed by atoms with van der Waals surface area (Å²) in [5, 5.41) is 13.1. The van der Waals surface area contributed by atoms with Gasteiger partial charge in [0.25, 0.3) is 5.91 Å². The first-order valence-corrected chi connectivity index (χ1v) is 8.36. The molecule has 0 bridgehead atoms. The van der Waals surface area contributed by atoms with Crippen LogP contribution in [0.3, 0.4) is 0 Å². The van der Waals surface area contributed by atoms with Crippen molar-refractivity contribution in [3.05, 3.63) is 108 Å². The summed E-state index contributed by atoms with van der Waals surface area (Å²) in [6, 6.07) is 28.4. The lowest BCUT2D eigenvalue weighted by Crippen LogP contribution is -2.34. The summed E-state index contributed by atoms with van der Waals surface area (Å²) >= 11 is 0. The molecular weight excluding hydrogens is 310 g/mol. The highest BCUT2D eigenvalue weighted by Gasteiger charge is 2.26. The zero-order valence-corrected chi connectivity index (χ0v) is 13.9. The molecule has 0 heterocycles. The van der Waals surface area contributed by atoms with Gasteiger partial charge in [-0.25, -0.2) is 0 Å². The summed E-state index contributed by atoms with van der Waals surface area (Å²) in [4.78, 5) is 12.7. The molecule has 126 valence electrons. The smallest absolute Gasteiger partial charge is 0.251 e. The first kappa shape index (κ1) is 16.9. The number of aliphatic hydroxyl groups is 1. The van der Waals surface area contributed by atoms with Crippen molar-refractivity contribution in [3.8, 4) is 0 Å². The molecule has 3 nitrogen and oxygen atoms in total. The fourth-order valence-corrected chi connectivity index (χ4v) is 2.99. The van der Waals surface area contributed by atoms with E-state index in [1.54, 1.807) is 12.1 Å². The SMILES string of the molecule is O=C(NC(c1ccccc1)C(CO)c1ccccc1)c1ccccc1. The summed E-state index contributed by atoms with van der Waals surface area (Å²) in [6.07, 6.45) is 0. The standard InChI is InChI=1S/C22H21NO2/c24-16-20(17-10-4-1-5-11-17)21(18-12-6-2-7-13-18)23-22(25)19-14-8-3-9-15-19/h1-15,20-21,24H,16H2,(H,23,25). The van der Waals surface area contributed by atoms with Crippen LogP contribution in [-0.4, -0.2) is 17.6 Å². The Balaban J connectivity index is 1.94. The van der Waals surface area contributed by atoms with Crippen molar-refractivity contribution in [2.45, 2.75) is 12.0 Å². The maximum Gasteiger partial charge on any atom is 0.251 e. The van der Waals surface area contributed by atoms with Gasteiger partial charge in [-0.15, -0.1) is 0 Å². The number of benzene rings is 3. The minimum absolute atomic E-state index is 0.0569. The molecule has 0 fully saturated rings. The average Bonchev–Trinajstić information content (AvgIpc) is 2.70. The lowest BCUT2D eigenvalue weighted by Gasteiger charge is -2.27. The van der Waals surface area contributed by atoms with Crippen LogP contribution in [0.15, 0.2) is 91.0 Å². The Bertz CT molecular complexity index is 788. The van der Waals surface area contributed by atoms with Crippen molar-refractivity contribution in [2.24, 2.45) is 0 Å². The zero-order chi connectivity index (χ0) is 17.5. The van der Waals surface area contributed by atoms with Crippen LogP contribution in [0.4, 0.5) is 0 Å². The molecule has 25 heavy (non-hydrogen) atoms. The van der Waals surface area contributed by atoms with E-state index >= 15 is 0 Å². The monoisotopic (exact) mass is 331 g/mol. The van der Waals surface area contributed by atoms with Gasteiger partial charge in [0.1, 0.15) is 0 Å². The third kappa shape index (κ3) is 4.14. The molecule has 0 saturated heterocycles. The van der Waals surface area contributed by atoms with Crippen molar-refractivity contribution in [1.82, 2.24) is 5.32 Å². The molecule has 3 rings (SSSR count). The second-order valence-corrected chi connectivity index (χ2v) is 5.93. The molecule has 0 aliphatic carbocycles. The van der Waals surface area contributed by atoms with Gasteiger partial charge >= 0.3 is 0 Å². The molecule has 1 amide bonds. The number of aliphatic hydroxyl groups excluding tert-OH is 1. The summed E-state index contributed by atoms with van der Waals surface area (Å²) in [5.41, 5.74) is 2.56. The summed E-state index contributed by atoms with van der Waals surface area (Å²) in [7, 11) is 0. The maximum atomic E-state index is 12.7. The van der Waals surface area contributed by atoms with Gasteiger partial charge < -0.3 is 10.4 Å². The molecule has 2 unspecified atom stereocenters. The number of carbonyl (C=O) groups is 1. The predicted molar refractivity (Wildman–Crippen MR) is 99.4 cm³/mol. The predicted octanol–water partition coefficient (Wildman–Crippen LogP) is 3.93. The van der Waals surface area contributed by atoms with E-state index in [-0.39, 0.29) is 24.5 Å². The Hall–Kier alpha value is -2.91. The molecular formula is C22H21NO2. The third-order valence-electron chi connectivity index (χ3n) is 4.31. The van der Waals surface area contributed by atoms with Crippen LogP contribution in [0.1, 0.15) is 33.4 Å². The highest BCUT2D eigenvalue weighted by Crippen LogP contribution is 2.31. The van der Waals surface area contributed by atoms with Crippen molar-refractivity contribution < 1.29 is 9.90 Å². The van der Waals surface area contributed by atoms with Gasteiger partial charge in [0.15, 0.2) is 0 Å². The van der Waals surface area contributed by atoms with E-state index < -0.39 is 0 Å². The minimum Gasteiger partial charge on any atom is -0.396 e. The number of carbonyl (C=O) groups excluding carboxylic acids is 1. The number of hydrogen-bond donors (Lipinski definition) is 2. The van der Waals surface area contributed by atoms with Crippen LogP contribution in [0.25, 0.3) is 0 Å². The molecule has 0 radical (unpaired) electrons. The molecule has 3 aromatic carbocycles. The Morgan fingerprint density at radius 2 is 1.24 bits per heavy atom. The molecule has 3 heteroatoms. The molecule has 0 aliphatic rings. The first-order valence-electron chi connectivity index (χ1n) is 8.36. The molecule has 0 aromatic heterocycles. The van der Waals surface area contributed by atoms with Gasteiger partial charge in [-0.1, -0.05) is 78.9 Å². The molecule has 2 N–H and O–H groups in total. The van der Waals surface area contributed by atoms with E-state index in [2.05, 4.69) is 5.32 Å². The van der Waals surface area contributed by atoms with Gasteiger partial charge in [-0.3, -0.25) is 4.79 Å². The van der Waals surface area contributed by atoms with Crippen molar-refractivity contribution >= 4 is 5.91 Å². The second kappa shape index (κ2) is 8.27. The number of rotatable bonds is 6. The summed E-state index contributed by atoms with van der Waals surface area (Å²) < 4.78 is 0. The van der Waals surface area contributed by atoms with E-state index in [0.29, 0.717) is 5.56 Å². The van der Waals surface area contributed by atoms with Crippen molar-refractivity contribution in [2.75, 3.05) is 6.61 Å². The highest BCUT2D eigenvalue weighted by molar-refractivity contribution is 5.94. The van der Waals surface area contributed by atoms with Crippen LogP contribution >= 0.6 is 0 Å². The van der Waals surface area contributed by atoms with E-state index in [1.807, 2.05) is 78.9 Å². The molecule has 0 saturated carbocycles. The molecule has 0 aliphatic heterocycles. The minimum atomic E-state index is -0.318. The van der Waals surface area contributed by atoms with Crippen LogP contribution in [0.2, 0.25) is 0 Å². The third-order valence-corrected chi connectivity index (χ3v) is 4.31. The van der Waals surface area contributed by atoms with Gasteiger partial charge in [-0.2, -0.15) is 0 Å². The first-order chi connectivity index (χ1) is 12.3. The van der Waals surface area contributed by atoms with Crippen molar-refractivity contribution in [1.29, 1.82) is 0 Å². The summed E-state index contributed by atoms with van der Waals surface area (Å²) in [6.45, 7) is -0.0569. The fraction of sp³-hybridized carbons (Fsp3) is 0.136. The van der Waals surface area contributed by atoms with Gasteiger partial charge in [0.05, 0.1) is 12.6 Å². The number of hydrogen-bond acceptors (Lipinski definition) is 2.